The van der Waals surface area contributed by atoms with Gasteiger partial charge in [-0.15, -0.1) is 0 Å². The molecule has 29 heavy (non-hydrogen) atoms. The minimum absolute atomic E-state index is 0.307. The van der Waals surface area contributed by atoms with Crippen molar-refractivity contribution in [2.45, 2.75) is 6.92 Å². The smallest absolute Gasteiger partial charge is 0.256 e. The minimum Gasteiger partial charge on any atom is -0.321 e. The number of anilines is 1. The lowest BCUT2D eigenvalue weighted by Gasteiger charge is -2.13. The van der Waals surface area contributed by atoms with Gasteiger partial charge in [-0.25, -0.2) is 4.98 Å². The first-order valence-corrected chi connectivity index (χ1v) is 9.99. The number of carbonyl (C=O) groups is 1. The number of carbonyl (C=O) groups excluding carboxylic acids is 1. The summed E-state index contributed by atoms with van der Waals surface area (Å²) in [6.07, 6.45) is 0. The fourth-order valence-electron chi connectivity index (χ4n) is 3.17. The number of benzene rings is 3. The van der Waals surface area contributed by atoms with Crippen LogP contribution in [0.3, 0.4) is 0 Å². The zero-order valence-electron chi connectivity index (χ0n) is 15.3. The number of hydrogen-bond donors (Lipinski definition) is 1. The van der Waals surface area contributed by atoms with Gasteiger partial charge < -0.3 is 5.32 Å². The van der Waals surface area contributed by atoms with E-state index < -0.39 is 0 Å². The molecule has 4 rings (SSSR count). The Morgan fingerprint density at radius 1 is 0.862 bits per heavy atom. The Morgan fingerprint density at radius 2 is 1.55 bits per heavy atom. The van der Waals surface area contributed by atoms with E-state index in [1.54, 1.807) is 6.07 Å². The van der Waals surface area contributed by atoms with Crippen molar-refractivity contribution in [2.75, 3.05) is 5.32 Å². The van der Waals surface area contributed by atoms with Crippen LogP contribution in [-0.2, 0) is 0 Å². The number of amides is 1. The molecule has 0 unspecified atom stereocenters. The second-order valence-electron chi connectivity index (χ2n) is 6.59. The van der Waals surface area contributed by atoms with Crippen LogP contribution in [0.1, 0.15) is 15.9 Å². The minimum atomic E-state index is -0.307. The van der Waals surface area contributed by atoms with Crippen LogP contribution in [-0.4, -0.2) is 10.9 Å². The molecule has 0 aliphatic carbocycles. The molecule has 0 saturated heterocycles. The molecule has 4 aromatic rings. The molecule has 1 amide bonds. The molecule has 6 heteroatoms. The Kier molecular flexibility index (Phi) is 5.46. The van der Waals surface area contributed by atoms with E-state index in [-0.39, 0.29) is 5.91 Å². The predicted molar refractivity (Wildman–Crippen MR) is 121 cm³/mol. The maximum atomic E-state index is 13.2. The highest BCUT2D eigenvalue weighted by molar-refractivity contribution is 6.44. The first kappa shape index (κ1) is 19.7. The molecule has 0 fully saturated rings. The molecule has 0 spiro atoms. The number of fused-ring (bicyclic) bond motifs is 1. The number of nitrogens with one attached hydrogen (secondary N) is 1. The highest BCUT2D eigenvalue weighted by Gasteiger charge is 2.16. The van der Waals surface area contributed by atoms with Crippen LogP contribution >= 0.6 is 34.8 Å². The number of aromatic nitrogens is 1. The first-order chi connectivity index (χ1) is 13.9. The SMILES string of the molecule is Cc1ccccc1-c1cc(C(=O)Nc2cc(Cl)c(Cl)cc2Cl)c2ccccc2n1. The number of aryl methyl sites for hydroxylation is 1. The lowest BCUT2D eigenvalue weighted by atomic mass is 10.0. The van der Waals surface area contributed by atoms with E-state index in [1.165, 1.54) is 12.1 Å². The van der Waals surface area contributed by atoms with Crippen molar-refractivity contribution in [1.82, 2.24) is 4.98 Å². The summed E-state index contributed by atoms with van der Waals surface area (Å²) in [5.74, 6) is -0.307. The standard InChI is InChI=1S/C23H15Cl3N2O/c1-13-6-2-3-7-14(13)21-10-16(15-8-4-5-9-20(15)27-21)23(29)28-22-12-18(25)17(24)11-19(22)26/h2-12H,1H3,(H,28,29). The van der Waals surface area contributed by atoms with Crippen LogP contribution in [0.5, 0.6) is 0 Å². The van der Waals surface area contributed by atoms with E-state index in [4.69, 9.17) is 39.8 Å². The van der Waals surface area contributed by atoms with Gasteiger partial charge in [-0.2, -0.15) is 0 Å². The number of halogens is 3. The fraction of sp³-hybridized carbons (Fsp3) is 0.0435. The quantitative estimate of drug-likeness (QED) is 0.336. The van der Waals surface area contributed by atoms with Crippen molar-refractivity contribution in [3.63, 3.8) is 0 Å². The largest absolute Gasteiger partial charge is 0.321 e. The molecular formula is C23H15Cl3N2O. The Bertz CT molecular complexity index is 1250. The van der Waals surface area contributed by atoms with Gasteiger partial charge in [0.1, 0.15) is 0 Å². The summed E-state index contributed by atoms with van der Waals surface area (Å²) >= 11 is 18.3. The summed E-state index contributed by atoms with van der Waals surface area (Å²) in [6.45, 7) is 2.02. The summed E-state index contributed by atoms with van der Waals surface area (Å²) in [4.78, 5) is 17.9. The maximum absolute atomic E-state index is 13.2. The highest BCUT2D eigenvalue weighted by atomic mass is 35.5. The fourth-order valence-corrected chi connectivity index (χ4v) is 3.76. The number of para-hydroxylation sites is 1. The van der Waals surface area contributed by atoms with Gasteiger partial charge in [0.15, 0.2) is 0 Å². The molecule has 3 aromatic carbocycles. The summed E-state index contributed by atoms with van der Waals surface area (Å²) in [5, 5.41) is 4.53. The Balaban J connectivity index is 1.83. The first-order valence-electron chi connectivity index (χ1n) is 8.86. The number of hydrogen-bond acceptors (Lipinski definition) is 2. The van der Waals surface area contributed by atoms with E-state index in [1.807, 2.05) is 55.5 Å². The van der Waals surface area contributed by atoms with Crippen LogP contribution in [0.25, 0.3) is 22.2 Å². The molecule has 0 atom stereocenters. The van der Waals surface area contributed by atoms with Crippen molar-refractivity contribution in [2.24, 2.45) is 0 Å². The van der Waals surface area contributed by atoms with Crippen molar-refractivity contribution < 1.29 is 4.79 Å². The third-order valence-corrected chi connectivity index (χ3v) is 5.67. The van der Waals surface area contributed by atoms with E-state index in [9.17, 15) is 4.79 Å². The average Bonchev–Trinajstić information content (AvgIpc) is 2.71. The molecule has 0 aliphatic heterocycles. The molecule has 0 saturated carbocycles. The molecule has 144 valence electrons. The van der Waals surface area contributed by atoms with Crippen molar-refractivity contribution in [3.05, 3.63) is 92.9 Å². The van der Waals surface area contributed by atoms with Crippen LogP contribution in [0, 0.1) is 6.92 Å². The van der Waals surface area contributed by atoms with Gasteiger partial charge in [-0.1, -0.05) is 77.3 Å². The number of pyridine rings is 1. The second-order valence-corrected chi connectivity index (χ2v) is 7.81. The lowest BCUT2D eigenvalue weighted by Crippen LogP contribution is -2.13. The average molecular weight is 442 g/mol. The van der Waals surface area contributed by atoms with E-state index >= 15 is 0 Å². The summed E-state index contributed by atoms with van der Waals surface area (Å²) in [7, 11) is 0. The summed E-state index contributed by atoms with van der Waals surface area (Å²) in [5.41, 5.74) is 4.40. The summed E-state index contributed by atoms with van der Waals surface area (Å²) < 4.78 is 0. The number of rotatable bonds is 3. The zero-order chi connectivity index (χ0) is 20.5. The molecule has 0 aliphatic rings. The molecule has 0 bridgehead atoms. The Morgan fingerprint density at radius 3 is 2.34 bits per heavy atom. The van der Waals surface area contributed by atoms with Gasteiger partial charge >= 0.3 is 0 Å². The Hall–Kier alpha value is -2.59. The molecule has 1 heterocycles. The molecule has 1 N–H and O–H groups in total. The van der Waals surface area contributed by atoms with Gasteiger partial charge in [0.25, 0.3) is 5.91 Å². The van der Waals surface area contributed by atoms with Crippen LogP contribution in [0.2, 0.25) is 15.1 Å². The van der Waals surface area contributed by atoms with Gasteiger partial charge in [0.2, 0.25) is 0 Å². The van der Waals surface area contributed by atoms with Gasteiger partial charge in [-0.3, -0.25) is 4.79 Å². The van der Waals surface area contributed by atoms with Crippen LogP contribution < -0.4 is 5.32 Å². The monoisotopic (exact) mass is 440 g/mol. The van der Waals surface area contributed by atoms with E-state index in [0.717, 1.165) is 27.7 Å². The van der Waals surface area contributed by atoms with Crippen LogP contribution in [0.4, 0.5) is 5.69 Å². The Labute approximate surface area is 183 Å². The van der Waals surface area contributed by atoms with E-state index in [2.05, 4.69) is 5.32 Å². The van der Waals surface area contributed by atoms with E-state index in [0.29, 0.717) is 26.3 Å². The third kappa shape index (κ3) is 3.95. The predicted octanol–water partition coefficient (Wildman–Crippen LogP) is 7.42. The van der Waals surface area contributed by atoms with Crippen LogP contribution in [0.15, 0.2) is 66.7 Å². The topological polar surface area (TPSA) is 42.0 Å². The maximum Gasteiger partial charge on any atom is 0.256 e. The van der Waals surface area contributed by atoms with Crippen molar-refractivity contribution in [1.29, 1.82) is 0 Å². The molecule has 3 nitrogen and oxygen atoms in total. The van der Waals surface area contributed by atoms with Crippen molar-refractivity contribution >= 4 is 57.3 Å². The second kappa shape index (κ2) is 8.03. The third-order valence-electron chi connectivity index (χ3n) is 4.64. The number of nitrogens with zero attached hydrogens (tertiary/aromatic N) is 1. The molecular weight excluding hydrogens is 427 g/mol. The van der Waals surface area contributed by atoms with Gasteiger partial charge in [0.05, 0.1) is 37.5 Å². The van der Waals surface area contributed by atoms with Gasteiger partial charge in [0, 0.05) is 10.9 Å². The molecule has 0 radical (unpaired) electrons. The normalized spacial score (nSPS) is 10.9. The molecule has 1 aromatic heterocycles. The van der Waals surface area contributed by atoms with Gasteiger partial charge in [-0.05, 0) is 36.8 Å². The van der Waals surface area contributed by atoms with Crippen molar-refractivity contribution in [3.8, 4) is 11.3 Å². The summed E-state index contributed by atoms with van der Waals surface area (Å²) in [6, 6.07) is 20.3. The zero-order valence-corrected chi connectivity index (χ0v) is 17.6. The lowest BCUT2D eigenvalue weighted by molar-refractivity contribution is 0.102. The highest BCUT2D eigenvalue weighted by Crippen LogP contribution is 2.33.